The molecule has 0 saturated heterocycles. The maximum atomic E-state index is 13.5. The summed E-state index contributed by atoms with van der Waals surface area (Å²) in [5.41, 5.74) is 0.0365. The smallest absolute Gasteiger partial charge is 0.255 e. The zero-order chi connectivity index (χ0) is 13.4. The molecule has 0 unspecified atom stereocenters. The fourth-order valence-corrected chi connectivity index (χ4v) is 1.89. The van der Waals surface area contributed by atoms with Crippen LogP contribution in [0.15, 0.2) is 22.7 Å². The van der Waals surface area contributed by atoms with Gasteiger partial charge in [-0.2, -0.15) is 0 Å². The number of hydrogen-bond acceptors (Lipinski definition) is 3. The van der Waals surface area contributed by atoms with Gasteiger partial charge < -0.3 is 15.4 Å². The normalized spacial score (nSPS) is 9.84. The highest BCUT2D eigenvalue weighted by molar-refractivity contribution is 9.10. The summed E-state index contributed by atoms with van der Waals surface area (Å²) in [6.45, 7) is 2.38. The van der Waals surface area contributed by atoms with E-state index in [1.165, 1.54) is 6.07 Å². The summed E-state index contributed by atoms with van der Waals surface area (Å²) in [7, 11) is 1.62. The van der Waals surface area contributed by atoms with Crippen LogP contribution >= 0.6 is 28.3 Å². The predicted octanol–water partition coefficient (Wildman–Crippen LogP) is 1.98. The van der Waals surface area contributed by atoms with Crippen molar-refractivity contribution in [3.63, 3.8) is 0 Å². The molecule has 2 N–H and O–H groups in total. The number of carbonyl (C=O) groups is 1. The molecule has 0 bridgehead atoms. The zero-order valence-corrected chi connectivity index (χ0v) is 12.9. The Morgan fingerprint density at radius 2 is 2.11 bits per heavy atom. The summed E-state index contributed by atoms with van der Waals surface area (Å²) in [4.78, 5) is 11.7. The molecule has 19 heavy (non-hydrogen) atoms. The van der Waals surface area contributed by atoms with E-state index < -0.39 is 11.7 Å². The molecule has 0 atom stereocenters. The summed E-state index contributed by atoms with van der Waals surface area (Å²) in [6, 6.07) is 4.44. The van der Waals surface area contributed by atoms with Crippen molar-refractivity contribution in [2.45, 2.75) is 0 Å². The SMILES string of the molecule is COCCNCCNC(=O)c1c(F)cccc1Br.Cl. The highest BCUT2D eigenvalue weighted by Gasteiger charge is 2.14. The Hall–Kier alpha value is -0.690. The molecule has 0 aromatic heterocycles. The molecule has 0 aliphatic rings. The third kappa shape index (κ3) is 6.33. The number of nitrogens with one attached hydrogen (secondary N) is 2. The van der Waals surface area contributed by atoms with Crippen molar-refractivity contribution < 1.29 is 13.9 Å². The molecule has 0 aliphatic heterocycles. The lowest BCUT2D eigenvalue weighted by atomic mass is 10.2. The standard InChI is InChI=1S/C12H16BrFN2O2.ClH/c1-18-8-7-15-5-6-16-12(17)11-9(13)3-2-4-10(11)14;/h2-4,15H,5-8H2,1H3,(H,16,17);1H. The third-order valence-corrected chi connectivity index (χ3v) is 2.92. The van der Waals surface area contributed by atoms with Crippen LogP contribution in [-0.4, -0.2) is 39.3 Å². The Morgan fingerprint density at radius 1 is 1.37 bits per heavy atom. The van der Waals surface area contributed by atoms with Crippen molar-refractivity contribution in [3.8, 4) is 0 Å². The van der Waals surface area contributed by atoms with Gasteiger partial charge in [0.15, 0.2) is 0 Å². The first-order chi connectivity index (χ1) is 8.66. The van der Waals surface area contributed by atoms with E-state index in [0.29, 0.717) is 24.2 Å². The molecule has 108 valence electrons. The van der Waals surface area contributed by atoms with E-state index in [1.807, 2.05) is 0 Å². The van der Waals surface area contributed by atoms with Crippen LogP contribution in [0.25, 0.3) is 0 Å². The fourth-order valence-electron chi connectivity index (χ4n) is 1.37. The van der Waals surface area contributed by atoms with Gasteiger partial charge in [-0.05, 0) is 28.1 Å². The monoisotopic (exact) mass is 354 g/mol. The van der Waals surface area contributed by atoms with Crippen molar-refractivity contribution in [1.82, 2.24) is 10.6 Å². The Morgan fingerprint density at radius 3 is 2.74 bits per heavy atom. The molecule has 0 saturated carbocycles. The number of methoxy groups -OCH3 is 1. The lowest BCUT2D eigenvalue weighted by Gasteiger charge is -2.08. The number of carbonyl (C=O) groups excluding carboxylic acids is 1. The summed E-state index contributed by atoms with van der Waals surface area (Å²) in [5, 5.41) is 5.72. The average Bonchev–Trinajstić information content (AvgIpc) is 2.33. The van der Waals surface area contributed by atoms with Crippen LogP contribution in [0.1, 0.15) is 10.4 Å². The fraction of sp³-hybridized carbons (Fsp3) is 0.417. The lowest BCUT2D eigenvalue weighted by molar-refractivity contribution is 0.0949. The van der Waals surface area contributed by atoms with E-state index in [4.69, 9.17) is 4.74 Å². The van der Waals surface area contributed by atoms with Gasteiger partial charge in [-0.3, -0.25) is 4.79 Å². The molecule has 0 aliphatic carbocycles. The Labute approximate surface area is 126 Å². The minimum Gasteiger partial charge on any atom is -0.383 e. The minimum atomic E-state index is -0.533. The quantitative estimate of drug-likeness (QED) is 0.735. The first-order valence-electron chi connectivity index (χ1n) is 5.58. The topological polar surface area (TPSA) is 50.4 Å². The van der Waals surface area contributed by atoms with E-state index in [2.05, 4.69) is 26.6 Å². The van der Waals surface area contributed by atoms with Gasteiger partial charge in [0.2, 0.25) is 0 Å². The van der Waals surface area contributed by atoms with Gasteiger partial charge in [0.25, 0.3) is 5.91 Å². The van der Waals surface area contributed by atoms with Gasteiger partial charge in [0, 0.05) is 31.2 Å². The van der Waals surface area contributed by atoms with Gasteiger partial charge >= 0.3 is 0 Å². The summed E-state index contributed by atoms with van der Waals surface area (Å²) < 4.78 is 18.8. The Bertz CT molecular complexity index is 387. The van der Waals surface area contributed by atoms with Crippen molar-refractivity contribution in [1.29, 1.82) is 0 Å². The zero-order valence-electron chi connectivity index (χ0n) is 10.5. The second kappa shape index (κ2) is 10.1. The van der Waals surface area contributed by atoms with Crippen molar-refractivity contribution >= 4 is 34.2 Å². The summed E-state index contributed by atoms with van der Waals surface area (Å²) >= 11 is 3.16. The maximum Gasteiger partial charge on any atom is 0.255 e. The van der Waals surface area contributed by atoms with Crippen molar-refractivity contribution in [2.75, 3.05) is 33.4 Å². The molecular weight excluding hydrogens is 338 g/mol. The molecule has 0 fully saturated rings. The second-order valence-corrected chi connectivity index (χ2v) is 4.45. The van der Waals surface area contributed by atoms with Gasteiger partial charge in [-0.15, -0.1) is 12.4 Å². The Balaban J connectivity index is 0.00000324. The molecule has 1 aromatic carbocycles. The number of amides is 1. The lowest BCUT2D eigenvalue weighted by Crippen LogP contribution is -2.33. The Kier molecular flexibility index (Phi) is 9.77. The molecule has 1 rings (SSSR count). The number of hydrogen-bond donors (Lipinski definition) is 2. The van der Waals surface area contributed by atoms with Crippen molar-refractivity contribution in [3.05, 3.63) is 34.1 Å². The van der Waals surface area contributed by atoms with E-state index >= 15 is 0 Å². The van der Waals surface area contributed by atoms with E-state index in [-0.39, 0.29) is 18.0 Å². The number of rotatable bonds is 7. The first kappa shape index (κ1) is 18.3. The van der Waals surface area contributed by atoms with E-state index in [9.17, 15) is 9.18 Å². The molecule has 4 nitrogen and oxygen atoms in total. The minimum absolute atomic E-state index is 0. The third-order valence-electron chi connectivity index (χ3n) is 2.26. The van der Waals surface area contributed by atoms with Gasteiger partial charge in [-0.25, -0.2) is 4.39 Å². The summed E-state index contributed by atoms with van der Waals surface area (Å²) in [6.07, 6.45) is 0. The largest absolute Gasteiger partial charge is 0.383 e. The number of benzene rings is 1. The molecule has 0 heterocycles. The van der Waals surface area contributed by atoms with Crippen molar-refractivity contribution in [2.24, 2.45) is 0 Å². The molecule has 1 amide bonds. The number of halogens is 3. The van der Waals surface area contributed by atoms with Gasteiger partial charge in [0.05, 0.1) is 12.2 Å². The van der Waals surface area contributed by atoms with Gasteiger partial charge in [0.1, 0.15) is 5.82 Å². The second-order valence-electron chi connectivity index (χ2n) is 3.60. The highest BCUT2D eigenvalue weighted by atomic mass is 79.9. The van der Waals surface area contributed by atoms with Crippen LogP contribution in [0.3, 0.4) is 0 Å². The maximum absolute atomic E-state index is 13.5. The van der Waals surface area contributed by atoms with Crippen LogP contribution in [-0.2, 0) is 4.74 Å². The van der Waals surface area contributed by atoms with Crippen LogP contribution in [0.5, 0.6) is 0 Å². The van der Waals surface area contributed by atoms with Crippen LogP contribution in [0.2, 0.25) is 0 Å². The molecule has 0 spiro atoms. The van der Waals surface area contributed by atoms with Crippen LogP contribution in [0.4, 0.5) is 4.39 Å². The van der Waals surface area contributed by atoms with Crippen LogP contribution < -0.4 is 10.6 Å². The van der Waals surface area contributed by atoms with Gasteiger partial charge in [-0.1, -0.05) is 6.07 Å². The first-order valence-corrected chi connectivity index (χ1v) is 6.38. The van der Waals surface area contributed by atoms with E-state index in [0.717, 1.165) is 6.54 Å². The highest BCUT2D eigenvalue weighted by Crippen LogP contribution is 2.19. The number of ether oxygens (including phenoxy) is 1. The van der Waals surface area contributed by atoms with E-state index in [1.54, 1.807) is 19.2 Å². The molecule has 1 aromatic rings. The molecule has 7 heteroatoms. The predicted molar refractivity (Wildman–Crippen MR) is 78.4 cm³/mol. The summed E-state index contributed by atoms with van der Waals surface area (Å²) in [5.74, 6) is -0.956. The average molecular weight is 356 g/mol. The molecule has 0 radical (unpaired) electrons. The molecular formula is C12H17BrClFN2O2. The van der Waals surface area contributed by atoms with Crippen LogP contribution in [0, 0.1) is 5.82 Å².